The van der Waals surface area contributed by atoms with E-state index in [1.165, 1.54) is 16.7 Å². The minimum absolute atomic E-state index is 0.226. The van der Waals surface area contributed by atoms with Crippen LogP contribution >= 0.6 is 0 Å². The van der Waals surface area contributed by atoms with Crippen LogP contribution in [0.5, 0.6) is 11.6 Å². The molecule has 0 saturated carbocycles. The van der Waals surface area contributed by atoms with Crippen molar-refractivity contribution in [3.05, 3.63) is 70.0 Å². The zero-order chi connectivity index (χ0) is 22.1. The lowest BCUT2D eigenvalue weighted by Gasteiger charge is -2.09. The van der Waals surface area contributed by atoms with Gasteiger partial charge in [-0.05, 0) is 61.2 Å². The van der Waals surface area contributed by atoms with Gasteiger partial charge < -0.3 is 9.84 Å². The molecule has 0 saturated heterocycles. The SMILES string of the molecule is Cc1c(O)n(-c2ccc(OC(F)(F)F)cc2)c(=O)n1Cc1ccnc(CC(C)C)c1. The van der Waals surface area contributed by atoms with Crippen LogP contribution in [0.2, 0.25) is 0 Å². The highest BCUT2D eigenvalue weighted by Gasteiger charge is 2.31. The molecule has 0 aliphatic carbocycles. The first-order valence-corrected chi connectivity index (χ1v) is 9.36. The van der Waals surface area contributed by atoms with Gasteiger partial charge in [0, 0.05) is 11.9 Å². The molecular weight excluding hydrogens is 399 g/mol. The molecule has 0 bridgehead atoms. The van der Waals surface area contributed by atoms with Crippen LogP contribution in [0.25, 0.3) is 5.69 Å². The third-order valence-electron chi connectivity index (χ3n) is 4.53. The van der Waals surface area contributed by atoms with Crippen molar-refractivity contribution in [3.8, 4) is 17.3 Å². The number of hydrogen-bond acceptors (Lipinski definition) is 4. The number of aromatic hydroxyl groups is 1. The molecule has 0 fully saturated rings. The molecule has 2 aromatic heterocycles. The lowest BCUT2D eigenvalue weighted by molar-refractivity contribution is -0.274. The first kappa shape index (κ1) is 21.5. The molecule has 0 aliphatic heterocycles. The van der Waals surface area contributed by atoms with E-state index < -0.39 is 17.8 Å². The Morgan fingerprint density at radius 1 is 1.17 bits per heavy atom. The molecular formula is C21H22F3N3O3. The van der Waals surface area contributed by atoms with E-state index in [9.17, 15) is 23.1 Å². The predicted octanol–water partition coefficient (Wildman–Crippen LogP) is 4.19. The third-order valence-corrected chi connectivity index (χ3v) is 4.53. The first-order valence-electron chi connectivity index (χ1n) is 9.36. The summed E-state index contributed by atoms with van der Waals surface area (Å²) in [6.07, 6.45) is -2.32. The minimum atomic E-state index is -4.81. The van der Waals surface area contributed by atoms with E-state index in [-0.39, 0.29) is 18.1 Å². The quantitative estimate of drug-likeness (QED) is 0.648. The van der Waals surface area contributed by atoms with E-state index >= 15 is 0 Å². The molecule has 3 rings (SSSR count). The van der Waals surface area contributed by atoms with Gasteiger partial charge in [0.1, 0.15) is 5.75 Å². The van der Waals surface area contributed by atoms with Crippen molar-refractivity contribution in [2.45, 2.75) is 40.1 Å². The highest BCUT2D eigenvalue weighted by molar-refractivity contribution is 5.41. The second kappa shape index (κ2) is 8.25. The summed E-state index contributed by atoms with van der Waals surface area (Å²) in [6, 6.07) is 8.44. The minimum Gasteiger partial charge on any atom is -0.493 e. The molecule has 0 aliphatic rings. The summed E-state index contributed by atoms with van der Waals surface area (Å²) in [5.74, 6) is -0.253. The number of ether oxygens (including phenoxy) is 1. The molecule has 9 heteroatoms. The Hall–Kier alpha value is -3.23. The maximum atomic E-state index is 12.9. The average molecular weight is 421 g/mol. The number of nitrogens with zero attached hydrogens (tertiary/aromatic N) is 3. The molecule has 0 unspecified atom stereocenters. The van der Waals surface area contributed by atoms with Gasteiger partial charge >= 0.3 is 12.1 Å². The summed E-state index contributed by atoms with van der Waals surface area (Å²) in [7, 11) is 0. The van der Waals surface area contributed by atoms with Gasteiger partial charge in [-0.2, -0.15) is 0 Å². The molecule has 0 spiro atoms. The van der Waals surface area contributed by atoms with Crippen LogP contribution in [0.15, 0.2) is 47.4 Å². The van der Waals surface area contributed by atoms with Crippen LogP contribution in [0.3, 0.4) is 0 Å². The number of hydrogen-bond donors (Lipinski definition) is 1. The van der Waals surface area contributed by atoms with Crippen molar-refractivity contribution in [1.29, 1.82) is 0 Å². The van der Waals surface area contributed by atoms with Crippen molar-refractivity contribution < 1.29 is 23.0 Å². The second-order valence-corrected chi connectivity index (χ2v) is 7.41. The van der Waals surface area contributed by atoms with Gasteiger partial charge in [-0.25, -0.2) is 9.36 Å². The number of pyridine rings is 1. The topological polar surface area (TPSA) is 69.3 Å². The van der Waals surface area contributed by atoms with E-state index in [2.05, 4.69) is 23.6 Å². The molecule has 3 aromatic rings. The van der Waals surface area contributed by atoms with Gasteiger partial charge in [0.2, 0.25) is 5.88 Å². The zero-order valence-corrected chi connectivity index (χ0v) is 16.8. The lowest BCUT2D eigenvalue weighted by atomic mass is 10.1. The van der Waals surface area contributed by atoms with Crippen LogP contribution in [-0.4, -0.2) is 25.6 Å². The van der Waals surface area contributed by atoms with Crippen molar-refractivity contribution in [2.24, 2.45) is 5.92 Å². The van der Waals surface area contributed by atoms with Crippen LogP contribution in [-0.2, 0) is 13.0 Å². The number of imidazole rings is 1. The van der Waals surface area contributed by atoms with Gasteiger partial charge in [-0.15, -0.1) is 13.2 Å². The third kappa shape index (κ3) is 4.84. The molecule has 1 aromatic carbocycles. The maximum Gasteiger partial charge on any atom is 0.573 e. The Balaban J connectivity index is 1.92. The maximum absolute atomic E-state index is 12.9. The Bertz CT molecular complexity index is 1080. The lowest BCUT2D eigenvalue weighted by Crippen LogP contribution is -2.24. The van der Waals surface area contributed by atoms with Gasteiger partial charge in [0.15, 0.2) is 0 Å². The molecule has 0 atom stereocenters. The summed E-state index contributed by atoms with van der Waals surface area (Å²) >= 11 is 0. The number of aromatic nitrogens is 3. The first-order chi connectivity index (χ1) is 14.0. The molecule has 0 amide bonds. The number of halogens is 3. The fourth-order valence-electron chi connectivity index (χ4n) is 3.19. The van der Waals surface area contributed by atoms with E-state index in [1.54, 1.807) is 19.2 Å². The number of rotatable bonds is 6. The monoisotopic (exact) mass is 421 g/mol. The second-order valence-electron chi connectivity index (χ2n) is 7.41. The van der Waals surface area contributed by atoms with Crippen molar-refractivity contribution in [3.63, 3.8) is 0 Å². The smallest absolute Gasteiger partial charge is 0.493 e. The Morgan fingerprint density at radius 2 is 1.83 bits per heavy atom. The summed E-state index contributed by atoms with van der Waals surface area (Å²) in [4.78, 5) is 17.3. The van der Waals surface area contributed by atoms with Crippen molar-refractivity contribution in [1.82, 2.24) is 14.1 Å². The molecule has 1 N–H and O–H groups in total. The Labute approximate surface area is 171 Å². The predicted molar refractivity (Wildman–Crippen MR) is 105 cm³/mol. The van der Waals surface area contributed by atoms with E-state index in [0.717, 1.165) is 34.4 Å². The summed E-state index contributed by atoms with van der Waals surface area (Å²) in [5, 5.41) is 10.5. The fraction of sp³-hybridized carbons (Fsp3) is 0.333. The number of benzene rings is 1. The zero-order valence-electron chi connectivity index (χ0n) is 16.8. The molecule has 2 heterocycles. The summed E-state index contributed by atoms with van der Waals surface area (Å²) in [5.41, 5.74) is 1.84. The molecule has 30 heavy (non-hydrogen) atoms. The van der Waals surface area contributed by atoms with Crippen LogP contribution in [0, 0.1) is 12.8 Å². The number of alkyl halides is 3. The van der Waals surface area contributed by atoms with E-state index in [0.29, 0.717) is 11.6 Å². The van der Waals surface area contributed by atoms with Crippen molar-refractivity contribution in [2.75, 3.05) is 0 Å². The van der Waals surface area contributed by atoms with Crippen molar-refractivity contribution >= 4 is 0 Å². The Kier molecular flexibility index (Phi) is 5.91. The van der Waals surface area contributed by atoms with E-state index in [1.807, 2.05) is 6.07 Å². The fourth-order valence-corrected chi connectivity index (χ4v) is 3.19. The standard InChI is InChI=1S/C21H22F3N3O3/c1-13(2)10-16-11-15(8-9-25-16)12-26-14(3)19(28)27(20(26)29)17-4-6-18(7-5-17)30-21(22,23)24/h4-9,11,13,28H,10,12H2,1-3H3. The van der Waals surface area contributed by atoms with Crippen LogP contribution in [0.1, 0.15) is 30.8 Å². The normalized spacial score (nSPS) is 11.8. The summed E-state index contributed by atoms with van der Waals surface area (Å²) in [6.45, 7) is 6.01. The van der Waals surface area contributed by atoms with Gasteiger partial charge in [-0.3, -0.25) is 9.55 Å². The average Bonchev–Trinajstić information content (AvgIpc) is 2.85. The Morgan fingerprint density at radius 3 is 2.43 bits per heavy atom. The molecule has 6 nitrogen and oxygen atoms in total. The largest absolute Gasteiger partial charge is 0.573 e. The van der Waals surface area contributed by atoms with Crippen LogP contribution < -0.4 is 10.4 Å². The van der Waals surface area contributed by atoms with Crippen LogP contribution in [0.4, 0.5) is 13.2 Å². The highest BCUT2D eigenvalue weighted by atomic mass is 19.4. The molecule has 160 valence electrons. The summed E-state index contributed by atoms with van der Waals surface area (Å²) < 4.78 is 43.3. The van der Waals surface area contributed by atoms with Gasteiger partial charge in [0.25, 0.3) is 0 Å². The highest BCUT2D eigenvalue weighted by Crippen LogP contribution is 2.26. The molecule has 0 radical (unpaired) electrons. The van der Waals surface area contributed by atoms with Gasteiger partial charge in [-0.1, -0.05) is 13.8 Å². The van der Waals surface area contributed by atoms with Gasteiger partial charge in [0.05, 0.1) is 17.9 Å². The van der Waals surface area contributed by atoms with E-state index in [4.69, 9.17) is 0 Å².